The zero-order valence-electron chi connectivity index (χ0n) is 7.29. The average Bonchev–Trinajstić information content (AvgIpc) is 2.16. The largest absolute Gasteiger partial charge is 0.422 e. The predicted molar refractivity (Wildman–Crippen MR) is 57.4 cm³/mol. The van der Waals surface area contributed by atoms with Crippen molar-refractivity contribution in [2.24, 2.45) is 0 Å². The van der Waals surface area contributed by atoms with E-state index in [1.165, 1.54) is 0 Å². The Bertz CT molecular complexity index is 554. The second-order valence-corrected chi connectivity index (χ2v) is 3.35. The van der Waals surface area contributed by atoms with E-state index in [9.17, 15) is 4.79 Å². The third-order valence-corrected chi connectivity index (χ3v) is 2.14. The summed E-state index contributed by atoms with van der Waals surface area (Å²) in [5, 5.41) is 1.04. The number of rotatable bonds is 1. The van der Waals surface area contributed by atoms with Crippen molar-refractivity contribution in [3.8, 4) is 0 Å². The minimum atomic E-state index is -0.455. The zero-order chi connectivity index (χ0) is 10.1. The van der Waals surface area contributed by atoms with Crippen LogP contribution in [0.1, 0.15) is 5.56 Å². The van der Waals surface area contributed by atoms with Gasteiger partial charge in [0.2, 0.25) is 0 Å². The molecular formula is C11H7ClO2. The molecule has 1 aromatic carbocycles. The molecule has 1 heterocycles. The summed E-state index contributed by atoms with van der Waals surface area (Å²) in [4.78, 5) is 11.4. The maximum absolute atomic E-state index is 11.4. The van der Waals surface area contributed by atoms with Gasteiger partial charge in [-0.05, 0) is 12.1 Å². The van der Waals surface area contributed by atoms with E-state index < -0.39 is 5.63 Å². The van der Waals surface area contributed by atoms with E-state index in [0.29, 0.717) is 11.1 Å². The standard InChI is InChI=1S/C11H7ClO2/c1-7(12)9-6-8-4-2-3-5-10(8)14-11(9)13/h2-6H,1H2. The smallest absolute Gasteiger partial charge is 0.345 e. The number of halogens is 1. The number of para-hydroxylation sites is 1. The first-order chi connectivity index (χ1) is 6.68. The first-order valence-electron chi connectivity index (χ1n) is 4.06. The summed E-state index contributed by atoms with van der Waals surface area (Å²) >= 11 is 5.65. The van der Waals surface area contributed by atoms with Crippen LogP contribution in [0.5, 0.6) is 0 Å². The maximum atomic E-state index is 11.4. The molecule has 0 unspecified atom stereocenters. The molecule has 0 aliphatic heterocycles. The monoisotopic (exact) mass is 206 g/mol. The van der Waals surface area contributed by atoms with Gasteiger partial charge in [-0.15, -0.1) is 0 Å². The normalized spacial score (nSPS) is 10.4. The van der Waals surface area contributed by atoms with Crippen molar-refractivity contribution in [1.82, 2.24) is 0 Å². The second kappa shape index (κ2) is 3.31. The van der Waals surface area contributed by atoms with Gasteiger partial charge in [0.1, 0.15) is 5.58 Å². The molecule has 0 fully saturated rings. The molecule has 0 saturated carbocycles. The molecule has 2 aromatic rings. The lowest BCUT2D eigenvalue weighted by Gasteiger charge is -1.98. The third kappa shape index (κ3) is 1.44. The van der Waals surface area contributed by atoms with Gasteiger partial charge in [-0.2, -0.15) is 0 Å². The SMILES string of the molecule is C=C(Cl)c1cc2ccccc2oc1=O. The number of benzene rings is 1. The van der Waals surface area contributed by atoms with Gasteiger partial charge in [0, 0.05) is 10.4 Å². The molecule has 0 spiro atoms. The highest BCUT2D eigenvalue weighted by molar-refractivity contribution is 6.48. The summed E-state index contributed by atoms with van der Waals surface area (Å²) in [6.07, 6.45) is 0. The third-order valence-electron chi connectivity index (χ3n) is 1.93. The second-order valence-electron chi connectivity index (χ2n) is 2.89. The summed E-state index contributed by atoms with van der Waals surface area (Å²) < 4.78 is 5.05. The minimum absolute atomic E-state index is 0.199. The predicted octanol–water partition coefficient (Wildman–Crippen LogP) is 3.00. The Morgan fingerprint density at radius 3 is 2.79 bits per heavy atom. The quantitative estimate of drug-likeness (QED) is 0.672. The van der Waals surface area contributed by atoms with Gasteiger partial charge in [-0.1, -0.05) is 36.4 Å². The van der Waals surface area contributed by atoms with Gasteiger partial charge < -0.3 is 4.42 Å². The molecule has 14 heavy (non-hydrogen) atoms. The van der Waals surface area contributed by atoms with E-state index in [4.69, 9.17) is 16.0 Å². The molecule has 0 aliphatic rings. The maximum Gasteiger partial charge on any atom is 0.345 e. The Labute approximate surface area is 85.4 Å². The molecule has 0 aliphatic carbocycles. The van der Waals surface area contributed by atoms with E-state index >= 15 is 0 Å². The van der Waals surface area contributed by atoms with Crippen LogP contribution in [0.15, 0.2) is 46.1 Å². The van der Waals surface area contributed by atoms with E-state index in [-0.39, 0.29) is 5.03 Å². The molecule has 2 nitrogen and oxygen atoms in total. The van der Waals surface area contributed by atoms with Crippen LogP contribution in [-0.2, 0) is 0 Å². The van der Waals surface area contributed by atoms with Crippen molar-refractivity contribution >= 4 is 27.6 Å². The van der Waals surface area contributed by atoms with E-state index in [1.807, 2.05) is 12.1 Å². The Morgan fingerprint density at radius 2 is 2.07 bits per heavy atom. The van der Waals surface area contributed by atoms with Crippen LogP contribution < -0.4 is 5.63 Å². The topological polar surface area (TPSA) is 30.2 Å². The molecule has 70 valence electrons. The fraction of sp³-hybridized carbons (Fsp3) is 0. The molecule has 0 atom stereocenters. The number of hydrogen-bond acceptors (Lipinski definition) is 2. The van der Waals surface area contributed by atoms with Crippen LogP contribution in [0.4, 0.5) is 0 Å². The summed E-state index contributed by atoms with van der Waals surface area (Å²) in [5.74, 6) is 0. The van der Waals surface area contributed by atoms with Crippen molar-refractivity contribution < 1.29 is 4.42 Å². The number of hydrogen-bond donors (Lipinski definition) is 0. The summed E-state index contributed by atoms with van der Waals surface area (Å²) in [6.45, 7) is 3.50. The average molecular weight is 207 g/mol. The van der Waals surface area contributed by atoms with Crippen LogP contribution in [-0.4, -0.2) is 0 Å². The zero-order valence-corrected chi connectivity index (χ0v) is 8.04. The Morgan fingerprint density at radius 1 is 1.36 bits per heavy atom. The molecule has 1 aromatic heterocycles. The highest BCUT2D eigenvalue weighted by Crippen LogP contribution is 2.18. The molecule has 0 bridgehead atoms. The first-order valence-corrected chi connectivity index (χ1v) is 4.44. The molecular weight excluding hydrogens is 200 g/mol. The van der Waals surface area contributed by atoms with Gasteiger partial charge in [-0.3, -0.25) is 0 Å². The van der Waals surface area contributed by atoms with Crippen molar-refractivity contribution in [2.45, 2.75) is 0 Å². The molecule has 0 radical (unpaired) electrons. The van der Waals surface area contributed by atoms with E-state index in [2.05, 4.69) is 6.58 Å². The lowest BCUT2D eigenvalue weighted by atomic mass is 10.2. The van der Waals surface area contributed by atoms with Crippen LogP contribution in [0.3, 0.4) is 0 Å². The summed E-state index contributed by atoms with van der Waals surface area (Å²) in [6, 6.07) is 8.93. The van der Waals surface area contributed by atoms with Crippen LogP contribution in [0.25, 0.3) is 16.0 Å². The van der Waals surface area contributed by atoms with Gasteiger partial charge in [0.05, 0.1) is 5.56 Å². The highest BCUT2D eigenvalue weighted by atomic mass is 35.5. The van der Waals surface area contributed by atoms with Gasteiger partial charge in [0.15, 0.2) is 0 Å². The molecule has 3 heteroatoms. The minimum Gasteiger partial charge on any atom is -0.422 e. The molecule has 0 saturated heterocycles. The van der Waals surface area contributed by atoms with Crippen LogP contribution >= 0.6 is 11.6 Å². The van der Waals surface area contributed by atoms with Crippen molar-refractivity contribution in [3.63, 3.8) is 0 Å². The Balaban J connectivity index is 2.84. The molecule has 2 rings (SSSR count). The van der Waals surface area contributed by atoms with E-state index in [1.54, 1.807) is 18.2 Å². The van der Waals surface area contributed by atoms with Crippen molar-refractivity contribution in [2.75, 3.05) is 0 Å². The van der Waals surface area contributed by atoms with Gasteiger partial charge in [-0.25, -0.2) is 4.79 Å². The lowest BCUT2D eigenvalue weighted by molar-refractivity contribution is 0.559. The number of fused-ring (bicyclic) bond motifs is 1. The fourth-order valence-corrected chi connectivity index (χ4v) is 1.38. The summed E-state index contributed by atoms with van der Waals surface area (Å²) in [7, 11) is 0. The van der Waals surface area contributed by atoms with Crippen LogP contribution in [0, 0.1) is 0 Å². The van der Waals surface area contributed by atoms with Gasteiger partial charge >= 0.3 is 5.63 Å². The van der Waals surface area contributed by atoms with E-state index in [0.717, 1.165) is 5.39 Å². The Kier molecular flexibility index (Phi) is 2.14. The summed E-state index contributed by atoms with van der Waals surface area (Å²) in [5.41, 5.74) is 0.410. The lowest BCUT2D eigenvalue weighted by Crippen LogP contribution is -2.03. The Hall–Kier alpha value is -1.54. The first kappa shape index (κ1) is 9.03. The van der Waals surface area contributed by atoms with Crippen molar-refractivity contribution in [1.29, 1.82) is 0 Å². The molecule has 0 amide bonds. The van der Waals surface area contributed by atoms with Crippen LogP contribution in [0.2, 0.25) is 0 Å². The van der Waals surface area contributed by atoms with Gasteiger partial charge in [0.25, 0.3) is 0 Å². The van der Waals surface area contributed by atoms with Crippen molar-refractivity contribution in [3.05, 3.63) is 52.9 Å². The highest BCUT2D eigenvalue weighted by Gasteiger charge is 2.05. The fourth-order valence-electron chi connectivity index (χ4n) is 1.25. The molecule has 0 N–H and O–H groups in total.